The highest BCUT2D eigenvalue weighted by Crippen LogP contribution is 2.33. The van der Waals surface area contributed by atoms with Crippen LogP contribution in [0.4, 0.5) is 0 Å². The molecule has 13 heavy (non-hydrogen) atoms. The summed E-state index contributed by atoms with van der Waals surface area (Å²) in [5.74, 6) is 0.809. The molecule has 0 aliphatic carbocycles. The van der Waals surface area contributed by atoms with Crippen LogP contribution in [0.2, 0.25) is 0 Å². The summed E-state index contributed by atoms with van der Waals surface area (Å²) in [4.78, 5) is 0. The molecule has 0 bridgehead atoms. The summed E-state index contributed by atoms with van der Waals surface area (Å²) >= 11 is 3.40. The summed E-state index contributed by atoms with van der Waals surface area (Å²) in [5.41, 5.74) is 1.04. The van der Waals surface area contributed by atoms with Crippen LogP contribution in [0.5, 0.6) is 5.75 Å². The fourth-order valence-electron chi connectivity index (χ4n) is 1.28. The van der Waals surface area contributed by atoms with Crippen molar-refractivity contribution >= 4 is 22.0 Å². The van der Waals surface area contributed by atoms with Crippen molar-refractivity contribution in [2.24, 2.45) is 0 Å². The number of benzene rings is 1. The van der Waals surface area contributed by atoms with Crippen LogP contribution in [0, 0.1) is 0 Å². The molecule has 1 aliphatic rings. The van der Waals surface area contributed by atoms with E-state index in [2.05, 4.69) is 15.9 Å². The minimum absolute atomic E-state index is 0.0112. The monoisotopic (exact) mass is 240 g/mol. The van der Waals surface area contributed by atoms with Gasteiger partial charge in [-0.15, -0.1) is 0 Å². The maximum absolute atomic E-state index is 8.92. The first-order chi connectivity index (χ1) is 6.31. The third-order valence-corrected chi connectivity index (χ3v) is 2.56. The van der Waals surface area contributed by atoms with Crippen molar-refractivity contribution in [3.05, 3.63) is 34.3 Å². The predicted molar refractivity (Wildman–Crippen MR) is 54.7 cm³/mol. The van der Waals surface area contributed by atoms with E-state index in [9.17, 15) is 0 Å². The highest BCUT2D eigenvalue weighted by Gasteiger charge is 2.15. The number of fused-ring (bicyclic) bond motifs is 1. The first-order valence-electron chi connectivity index (χ1n) is 4.05. The Balaban J connectivity index is 2.41. The first-order valence-corrected chi connectivity index (χ1v) is 4.85. The number of hydrogen-bond donors (Lipinski definition) is 1. The van der Waals surface area contributed by atoms with Gasteiger partial charge in [-0.2, -0.15) is 0 Å². The van der Waals surface area contributed by atoms with Gasteiger partial charge in [-0.05, 0) is 28.1 Å². The molecule has 2 nitrogen and oxygen atoms in total. The van der Waals surface area contributed by atoms with Gasteiger partial charge in [0.1, 0.15) is 11.9 Å². The van der Waals surface area contributed by atoms with E-state index in [0.717, 1.165) is 15.8 Å². The third-order valence-electron chi connectivity index (χ3n) is 1.94. The zero-order valence-electron chi connectivity index (χ0n) is 6.90. The Hall–Kier alpha value is -0.800. The molecular formula is C10H9BrO2. The molecule has 0 spiro atoms. The Morgan fingerprint density at radius 3 is 3.08 bits per heavy atom. The topological polar surface area (TPSA) is 29.5 Å². The fraction of sp³-hybridized carbons (Fsp3) is 0.200. The quantitative estimate of drug-likeness (QED) is 0.816. The van der Waals surface area contributed by atoms with E-state index in [1.807, 2.05) is 30.4 Å². The standard InChI is InChI=1S/C10H9BrO2/c11-9-3-1-2-7-4-5-8(6-12)13-10(7)9/h1-5,8,12H,6H2. The van der Waals surface area contributed by atoms with Crippen LogP contribution in [0.15, 0.2) is 28.7 Å². The van der Waals surface area contributed by atoms with E-state index < -0.39 is 0 Å². The van der Waals surface area contributed by atoms with Crippen LogP contribution in [0.3, 0.4) is 0 Å². The van der Waals surface area contributed by atoms with E-state index in [1.54, 1.807) is 0 Å². The third kappa shape index (κ3) is 1.62. The van der Waals surface area contributed by atoms with Gasteiger partial charge in [-0.25, -0.2) is 0 Å². The fourth-order valence-corrected chi connectivity index (χ4v) is 1.76. The normalized spacial score (nSPS) is 19.4. The predicted octanol–water partition coefficient (Wildman–Crippen LogP) is 2.22. The zero-order chi connectivity index (χ0) is 9.26. The molecule has 1 unspecified atom stereocenters. The number of ether oxygens (including phenoxy) is 1. The van der Waals surface area contributed by atoms with Gasteiger partial charge < -0.3 is 9.84 Å². The maximum Gasteiger partial charge on any atom is 0.141 e. The molecule has 2 rings (SSSR count). The molecule has 3 heteroatoms. The van der Waals surface area contributed by atoms with Gasteiger partial charge in [0.2, 0.25) is 0 Å². The van der Waals surface area contributed by atoms with Crippen LogP contribution in [-0.4, -0.2) is 17.8 Å². The van der Waals surface area contributed by atoms with Crippen LogP contribution in [0.1, 0.15) is 5.56 Å². The highest BCUT2D eigenvalue weighted by atomic mass is 79.9. The summed E-state index contributed by atoms with van der Waals surface area (Å²) in [6.07, 6.45) is 3.60. The van der Waals surface area contributed by atoms with Crippen molar-refractivity contribution in [1.82, 2.24) is 0 Å². The van der Waals surface area contributed by atoms with Crippen LogP contribution < -0.4 is 4.74 Å². The maximum atomic E-state index is 8.92. The SMILES string of the molecule is OCC1C=Cc2cccc(Br)c2O1. The van der Waals surface area contributed by atoms with Crippen molar-refractivity contribution in [2.45, 2.75) is 6.10 Å². The van der Waals surface area contributed by atoms with Crippen molar-refractivity contribution < 1.29 is 9.84 Å². The lowest BCUT2D eigenvalue weighted by atomic mass is 10.1. The Bertz CT molecular complexity index is 347. The van der Waals surface area contributed by atoms with Gasteiger partial charge in [0, 0.05) is 5.56 Å². The molecule has 1 heterocycles. The average molecular weight is 241 g/mol. The summed E-state index contributed by atoms with van der Waals surface area (Å²) < 4.78 is 6.45. The number of para-hydroxylation sites is 1. The van der Waals surface area contributed by atoms with E-state index in [-0.39, 0.29) is 12.7 Å². The average Bonchev–Trinajstić information content (AvgIpc) is 2.18. The van der Waals surface area contributed by atoms with Crippen molar-refractivity contribution in [1.29, 1.82) is 0 Å². The minimum Gasteiger partial charge on any atom is -0.482 e. The summed E-state index contributed by atoms with van der Waals surface area (Å²) in [6, 6.07) is 5.85. The van der Waals surface area contributed by atoms with Crippen LogP contribution in [0.25, 0.3) is 6.08 Å². The molecule has 1 N–H and O–H groups in total. The second-order valence-electron chi connectivity index (χ2n) is 2.86. The highest BCUT2D eigenvalue weighted by molar-refractivity contribution is 9.10. The van der Waals surface area contributed by atoms with Crippen molar-refractivity contribution in [3.63, 3.8) is 0 Å². The molecule has 68 valence electrons. The van der Waals surface area contributed by atoms with Crippen molar-refractivity contribution in [2.75, 3.05) is 6.61 Å². The van der Waals surface area contributed by atoms with Crippen molar-refractivity contribution in [3.8, 4) is 5.75 Å². The van der Waals surface area contributed by atoms with Crippen LogP contribution >= 0.6 is 15.9 Å². The molecule has 0 saturated carbocycles. The van der Waals surface area contributed by atoms with Crippen LogP contribution in [-0.2, 0) is 0 Å². The lowest BCUT2D eigenvalue weighted by molar-refractivity contribution is 0.147. The molecule has 1 aromatic rings. The molecular weight excluding hydrogens is 232 g/mol. The molecule has 0 aromatic heterocycles. The van der Waals surface area contributed by atoms with E-state index in [0.29, 0.717) is 0 Å². The van der Waals surface area contributed by atoms with E-state index in [1.165, 1.54) is 0 Å². The molecule has 1 aliphatic heterocycles. The zero-order valence-corrected chi connectivity index (χ0v) is 8.49. The lowest BCUT2D eigenvalue weighted by Gasteiger charge is -2.20. The van der Waals surface area contributed by atoms with Gasteiger partial charge in [-0.3, -0.25) is 0 Å². The molecule has 0 amide bonds. The van der Waals surface area contributed by atoms with Gasteiger partial charge in [0.15, 0.2) is 0 Å². The van der Waals surface area contributed by atoms with Gasteiger partial charge in [0.05, 0.1) is 11.1 Å². The molecule has 1 atom stereocenters. The minimum atomic E-state index is -0.216. The Morgan fingerprint density at radius 2 is 2.31 bits per heavy atom. The summed E-state index contributed by atoms with van der Waals surface area (Å²) in [7, 11) is 0. The summed E-state index contributed by atoms with van der Waals surface area (Å²) in [5, 5.41) is 8.92. The lowest BCUT2D eigenvalue weighted by Crippen LogP contribution is -2.20. The summed E-state index contributed by atoms with van der Waals surface area (Å²) in [6.45, 7) is 0.0112. The van der Waals surface area contributed by atoms with Gasteiger partial charge >= 0.3 is 0 Å². The first kappa shape index (κ1) is 8.78. The smallest absolute Gasteiger partial charge is 0.141 e. The number of hydrogen-bond acceptors (Lipinski definition) is 2. The van der Waals surface area contributed by atoms with E-state index >= 15 is 0 Å². The Kier molecular flexibility index (Phi) is 2.38. The largest absolute Gasteiger partial charge is 0.482 e. The second-order valence-corrected chi connectivity index (χ2v) is 3.71. The Morgan fingerprint density at radius 1 is 1.46 bits per heavy atom. The number of rotatable bonds is 1. The number of aliphatic hydroxyl groups excluding tert-OH is 1. The Labute approximate surface area is 85.0 Å². The second kappa shape index (κ2) is 3.52. The van der Waals surface area contributed by atoms with Gasteiger partial charge in [0.25, 0.3) is 0 Å². The number of aliphatic hydroxyl groups is 1. The van der Waals surface area contributed by atoms with Gasteiger partial charge in [-0.1, -0.05) is 18.2 Å². The molecule has 0 fully saturated rings. The van der Waals surface area contributed by atoms with E-state index in [4.69, 9.17) is 9.84 Å². The molecule has 0 saturated heterocycles. The number of halogens is 1. The molecule has 0 radical (unpaired) electrons. The molecule has 1 aromatic carbocycles.